The van der Waals surface area contributed by atoms with E-state index >= 15 is 0 Å². The Bertz CT molecular complexity index is 1030. The number of aryl methyl sites for hydroxylation is 1. The second kappa shape index (κ2) is 9.07. The van der Waals surface area contributed by atoms with Gasteiger partial charge in [0.2, 0.25) is 0 Å². The van der Waals surface area contributed by atoms with Crippen molar-refractivity contribution >= 4 is 23.1 Å². The predicted molar refractivity (Wildman–Crippen MR) is 122 cm³/mol. The standard InChI is InChI=1S/C23H27N7O/c1-16(2)18-4-5-19(28-23(31)20-14-26-17(3)13-27-20)21(12-18)29-8-10-30(11-9-29)22-15-24-6-7-25-22/h4-7,12-16H,8-11H2,1-3H3,(H,28,31). The molecule has 31 heavy (non-hydrogen) atoms. The van der Waals surface area contributed by atoms with Crippen molar-refractivity contribution < 1.29 is 4.79 Å². The zero-order valence-corrected chi connectivity index (χ0v) is 18.1. The smallest absolute Gasteiger partial charge is 0.275 e. The van der Waals surface area contributed by atoms with Gasteiger partial charge in [0.25, 0.3) is 5.91 Å². The summed E-state index contributed by atoms with van der Waals surface area (Å²) < 4.78 is 0. The van der Waals surface area contributed by atoms with Gasteiger partial charge in [-0.15, -0.1) is 0 Å². The van der Waals surface area contributed by atoms with Crippen LogP contribution in [0, 0.1) is 6.92 Å². The Morgan fingerprint density at radius 3 is 2.39 bits per heavy atom. The van der Waals surface area contributed by atoms with Gasteiger partial charge >= 0.3 is 0 Å². The maximum atomic E-state index is 12.8. The molecule has 0 aliphatic carbocycles. The molecule has 1 amide bonds. The number of amides is 1. The Labute approximate surface area is 182 Å². The number of benzene rings is 1. The Hall–Kier alpha value is -3.55. The number of hydrogen-bond donors (Lipinski definition) is 1. The number of carbonyl (C=O) groups is 1. The quantitative estimate of drug-likeness (QED) is 0.682. The van der Waals surface area contributed by atoms with Crippen LogP contribution in [0.1, 0.15) is 41.5 Å². The predicted octanol–water partition coefficient (Wildman–Crippen LogP) is 3.28. The molecule has 1 aromatic carbocycles. The number of hydrogen-bond acceptors (Lipinski definition) is 7. The van der Waals surface area contributed by atoms with Crippen LogP contribution in [-0.2, 0) is 0 Å². The molecule has 8 heteroatoms. The number of piperazine rings is 1. The van der Waals surface area contributed by atoms with E-state index in [9.17, 15) is 4.79 Å². The molecule has 160 valence electrons. The van der Waals surface area contributed by atoms with E-state index in [0.717, 1.165) is 49.1 Å². The minimum Gasteiger partial charge on any atom is -0.366 e. The van der Waals surface area contributed by atoms with Gasteiger partial charge in [-0.25, -0.2) is 9.97 Å². The van der Waals surface area contributed by atoms with Crippen LogP contribution in [0.2, 0.25) is 0 Å². The van der Waals surface area contributed by atoms with Crippen LogP contribution >= 0.6 is 0 Å². The summed E-state index contributed by atoms with van der Waals surface area (Å²) >= 11 is 0. The lowest BCUT2D eigenvalue weighted by atomic mass is 10.0. The lowest BCUT2D eigenvalue weighted by molar-refractivity contribution is 0.102. The highest BCUT2D eigenvalue weighted by Gasteiger charge is 2.22. The SMILES string of the molecule is Cc1cnc(C(=O)Nc2ccc(C(C)C)cc2N2CCN(c3cnccn3)CC2)cn1. The molecule has 0 unspecified atom stereocenters. The molecule has 1 N–H and O–H groups in total. The number of nitrogens with one attached hydrogen (secondary N) is 1. The monoisotopic (exact) mass is 417 g/mol. The summed E-state index contributed by atoms with van der Waals surface area (Å²) in [4.78, 5) is 34.3. The lowest BCUT2D eigenvalue weighted by Gasteiger charge is -2.37. The summed E-state index contributed by atoms with van der Waals surface area (Å²) in [5.41, 5.74) is 4.12. The number of rotatable bonds is 5. The maximum absolute atomic E-state index is 12.8. The molecular formula is C23H27N7O. The molecule has 0 saturated carbocycles. The molecule has 1 saturated heterocycles. The fourth-order valence-corrected chi connectivity index (χ4v) is 3.60. The molecule has 1 aliphatic heterocycles. The first-order chi connectivity index (χ1) is 15.0. The van der Waals surface area contributed by atoms with Crippen molar-refractivity contribution in [1.82, 2.24) is 19.9 Å². The van der Waals surface area contributed by atoms with Crippen molar-refractivity contribution in [2.75, 3.05) is 41.3 Å². The van der Waals surface area contributed by atoms with Gasteiger partial charge in [0.15, 0.2) is 0 Å². The van der Waals surface area contributed by atoms with Gasteiger partial charge < -0.3 is 15.1 Å². The van der Waals surface area contributed by atoms with Gasteiger partial charge in [0.1, 0.15) is 11.5 Å². The molecule has 0 bridgehead atoms. The highest BCUT2D eigenvalue weighted by molar-refractivity contribution is 6.04. The van der Waals surface area contributed by atoms with E-state index in [0.29, 0.717) is 11.6 Å². The zero-order chi connectivity index (χ0) is 21.8. The second-order valence-electron chi connectivity index (χ2n) is 7.97. The van der Waals surface area contributed by atoms with Crippen LogP contribution in [0.25, 0.3) is 0 Å². The van der Waals surface area contributed by atoms with Crippen LogP contribution in [0.3, 0.4) is 0 Å². The number of anilines is 3. The summed E-state index contributed by atoms with van der Waals surface area (Å²) in [5.74, 6) is 1.03. The van der Waals surface area contributed by atoms with E-state index in [4.69, 9.17) is 0 Å². The molecule has 0 radical (unpaired) electrons. The number of carbonyl (C=O) groups excluding carboxylic acids is 1. The van der Waals surface area contributed by atoms with Crippen molar-refractivity contribution in [3.8, 4) is 0 Å². The summed E-state index contributed by atoms with van der Waals surface area (Å²) in [7, 11) is 0. The topological polar surface area (TPSA) is 87.1 Å². The van der Waals surface area contributed by atoms with E-state index in [1.54, 1.807) is 24.8 Å². The first-order valence-corrected chi connectivity index (χ1v) is 10.5. The van der Waals surface area contributed by atoms with Gasteiger partial charge in [-0.05, 0) is 30.5 Å². The Morgan fingerprint density at radius 1 is 0.968 bits per heavy atom. The Balaban J connectivity index is 1.55. The minimum atomic E-state index is -0.260. The zero-order valence-electron chi connectivity index (χ0n) is 18.1. The van der Waals surface area contributed by atoms with Gasteiger partial charge in [-0.3, -0.25) is 14.8 Å². The fourth-order valence-electron chi connectivity index (χ4n) is 3.60. The van der Waals surface area contributed by atoms with Crippen molar-refractivity contribution in [3.63, 3.8) is 0 Å². The number of aromatic nitrogens is 4. The maximum Gasteiger partial charge on any atom is 0.275 e. The molecule has 1 aliphatic rings. The fraction of sp³-hybridized carbons (Fsp3) is 0.348. The molecule has 1 fully saturated rings. The van der Waals surface area contributed by atoms with E-state index in [1.165, 1.54) is 11.8 Å². The van der Waals surface area contributed by atoms with Crippen molar-refractivity contribution in [2.24, 2.45) is 0 Å². The van der Waals surface area contributed by atoms with Crippen molar-refractivity contribution in [1.29, 1.82) is 0 Å². The highest BCUT2D eigenvalue weighted by Crippen LogP contribution is 2.31. The molecule has 8 nitrogen and oxygen atoms in total. The summed E-state index contributed by atoms with van der Waals surface area (Å²) in [6.07, 6.45) is 8.30. The van der Waals surface area contributed by atoms with E-state index in [-0.39, 0.29) is 5.91 Å². The third-order valence-corrected chi connectivity index (χ3v) is 5.44. The third-order valence-electron chi connectivity index (χ3n) is 5.44. The van der Waals surface area contributed by atoms with Crippen LogP contribution in [0.5, 0.6) is 0 Å². The molecule has 0 spiro atoms. The van der Waals surface area contributed by atoms with Gasteiger partial charge in [0.05, 0.1) is 29.5 Å². The normalized spacial score (nSPS) is 14.1. The summed E-state index contributed by atoms with van der Waals surface area (Å²) in [6.45, 7) is 9.51. The molecule has 4 rings (SSSR count). The molecule has 3 heterocycles. The largest absolute Gasteiger partial charge is 0.366 e. The molecule has 0 atom stereocenters. The first-order valence-electron chi connectivity index (χ1n) is 10.5. The molecule has 3 aromatic rings. The van der Waals surface area contributed by atoms with E-state index in [1.807, 2.05) is 13.0 Å². The van der Waals surface area contributed by atoms with Crippen molar-refractivity contribution in [3.05, 3.63) is 66.1 Å². The third kappa shape index (κ3) is 4.79. The number of nitrogens with zero attached hydrogens (tertiary/aromatic N) is 6. The van der Waals surface area contributed by atoms with E-state index < -0.39 is 0 Å². The van der Waals surface area contributed by atoms with Crippen LogP contribution in [-0.4, -0.2) is 52.0 Å². The lowest BCUT2D eigenvalue weighted by Crippen LogP contribution is -2.47. The van der Waals surface area contributed by atoms with Crippen LogP contribution < -0.4 is 15.1 Å². The highest BCUT2D eigenvalue weighted by atomic mass is 16.1. The molecule has 2 aromatic heterocycles. The Morgan fingerprint density at radius 2 is 1.74 bits per heavy atom. The van der Waals surface area contributed by atoms with E-state index in [2.05, 4.69) is 61.0 Å². The second-order valence-corrected chi connectivity index (χ2v) is 7.97. The van der Waals surface area contributed by atoms with Gasteiger partial charge in [-0.2, -0.15) is 0 Å². The molecular weight excluding hydrogens is 390 g/mol. The average Bonchev–Trinajstić information content (AvgIpc) is 2.80. The van der Waals surface area contributed by atoms with Crippen LogP contribution in [0.15, 0.2) is 49.2 Å². The summed E-state index contributed by atoms with van der Waals surface area (Å²) in [6, 6.07) is 6.23. The average molecular weight is 418 g/mol. The van der Waals surface area contributed by atoms with Gasteiger partial charge in [-0.1, -0.05) is 19.9 Å². The summed E-state index contributed by atoms with van der Waals surface area (Å²) in [5, 5.41) is 3.03. The Kier molecular flexibility index (Phi) is 6.06. The van der Waals surface area contributed by atoms with Gasteiger partial charge in [0, 0.05) is 44.8 Å². The minimum absolute atomic E-state index is 0.260. The van der Waals surface area contributed by atoms with Crippen molar-refractivity contribution in [2.45, 2.75) is 26.7 Å². The first kappa shape index (κ1) is 20.7. The van der Waals surface area contributed by atoms with Crippen LogP contribution in [0.4, 0.5) is 17.2 Å².